The Morgan fingerprint density at radius 2 is 2.33 bits per heavy atom. The lowest BCUT2D eigenvalue weighted by Crippen LogP contribution is -2.03. The number of carbonyl (C=O) groups is 1. The molecular formula is C10H10ClNO3. The van der Waals surface area contributed by atoms with E-state index < -0.39 is 5.97 Å². The first-order valence-corrected chi connectivity index (χ1v) is 5.07. The summed E-state index contributed by atoms with van der Waals surface area (Å²) in [5, 5.41) is 8.77. The number of rotatable bonds is 4. The van der Waals surface area contributed by atoms with Crippen LogP contribution < -0.4 is 4.74 Å². The average molecular weight is 228 g/mol. The van der Waals surface area contributed by atoms with Crippen LogP contribution in [0, 0.1) is 5.92 Å². The third-order valence-corrected chi connectivity index (χ3v) is 2.48. The minimum absolute atomic E-state index is 0.0706. The molecule has 80 valence electrons. The third-order valence-electron chi connectivity index (χ3n) is 2.21. The Balaban J connectivity index is 2.07. The van der Waals surface area contributed by atoms with Crippen LogP contribution in [0.4, 0.5) is 0 Å². The number of aromatic nitrogens is 1. The fourth-order valence-electron chi connectivity index (χ4n) is 1.14. The summed E-state index contributed by atoms with van der Waals surface area (Å²) >= 11 is 5.78. The molecule has 0 amide bonds. The summed E-state index contributed by atoms with van der Waals surface area (Å²) in [6.45, 7) is 0.633. The van der Waals surface area contributed by atoms with E-state index in [2.05, 4.69) is 4.98 Å². The van der Waals surface area contributed by atoms with Crippen LogP contribution in [0.5, 0.6) is 5.75 Å². The highest BCUT2D eigenvalue weighted by Crippen LogP contribution is 2.31. The average Bonchev–Trinajstić information content (AvgIpc) is 2.99. The maximum atomic E-state index is 10.6. The molecule has 0 aromatic carbocycles. The number of halogens is 1. The molecule has 1 saturated carbocycles. The summed E-state index contributed by atoms with van der Waals surface area (Å²) in [5.41, 5.74) is -0.0706. The molecule has 15 heavy (non-hydrogen) atoms. The zero-order valence-corrected chi connectivity index (χ0v) is 8.70. The van der Waals surface area contributed by atoms with E-state index >= 15 is 0 Å². The zero-order chi connectivity index (χ0) is 10.8. The number of carboxylic acid groups (broad SMARTS) is 1. The summed E-state index contributed by atoms with van der Waals surface area (Å²) in [7, 11) is 0. The van der Waals surface area contributed by atoms with Gasteiger partial charge in [-0.2, -0.15) is 0 Å². The largest absolute Gasteiger partial charge is 0.490 e. The zero-order valence-electron chi connectivity index (χ0n) is 7.94. The Morgan fingerprint density at radius 1 is 1.60 bits per heavy atom. The number of ether oxygens (including phenoxy) is 1. The Labute approximate surface area is 91.8 Å². The molecule has 0 aliphatic heterocycles. The van der Waals surface area contributed by atoms with Crippen LogP contribution in [0.3, 0.4) is 0 Å². The first kappa shape index (κ1) is 10.2. The molecule has 5 heteroatoms. The summed E-state index contributed by atoms with van der Waals surface area (Å²) in [5.74, 6) is -0.0144. The second-order valence-corrected chi connectivity index (χ2v) is 3.90. The van der Waals surface area contributed by atoms with Gasteiger partial charge in [-0.15, -0.1) is 0 Å². The lowest BCUT2D eigenvalue weighted by molar-refractivity contribution is 0.0690. The van der Waals surface area contributed by atoms with Crippen LogP contribution in [0.1, 0.15) is 23.3 Å². The molecule has 0 radical (unpaired) electrons. The molecule has 0 spiro atoms. The number of aromatic carboxylic acids is 1. The second kappa shape index (κ2) is 4.06. The van der Waals surface area contributed by atoms with E-state index in [1.54, 1.807) is 6.07 Å². The molecule has 2 rings (SSSR count). The van der Waals surface area contributed by atoms with Crippen LogP contribution in [-0.2, 0) is 0 Å². The molecule has 0 bridgehead atoms. The smallest absolute Gasteiger partial charge is 0.354 e. The third kappa shape index (κ3) is 2.59. The van der Waals surface area contributed by atoms with Gasteiger partial charge >= 0.3 is 5.97 Å². The second-order valence-electron chi connectivity index (χ2n) is 3.54. The van der Waals surface area contributed by atoms with E-state index in [1.807, 2.05) is 0 Å². The fourth-order valence-corrected chi connectivity index (χ4v) is 1.35. The molecule has 1 aliphatic carbocycles. The molecule has 0 atom stereocenters. The van der Waals surface area contributed by atoms with E-state index in [-0.39, 0.29) is 10.8 Å². The van der Waals surface area contributed by atoms with Gasteiger partial charge in [-0.3, -0.25) is 0 Å². The van der Waals surface area contributed by atoms with Crippen molar-refractivity contribution >= 4 is 17.6 Å². The number of pyridine rings is 1. The van der Waals surface area contributed by atoms with Crippen LogP contribution in [0.2, 0.25) is 5.15 Å². The lowest BCUT2D eigenvalue weighted by atomic mass is 10.3. The van der Waals surface area contributed by atoms with Gasteiger partial charge in [0.2, 0.25) is 0 Å². The molecule has 1 N–H and O–H groups in total. The highest BCUT2D eigenvalue weighted by Gasteiger charge is 2.22. The monoisotopic (exact) mass is 227 g/mol. The van der Waals surface area contributed by atoms with Crippen molar-refractivity contribution in [3.63, 3.8) is 0 Å². The van der Waals surface area contributed by atoms with Gasteiger partial charge in [-0.1, -0.05) is 11.6 Å². The van der Waals surface area contributed by atoms with E-state index in [9.17, 15) is 4.79 Å². The van der Waals surface area contributed by atoms with Gasteiger partial charge in [-0.05, 0) is 30.9 Å². The van der Waals surface area contributed by atoms with Crippen molar-refractivity contribution in [3.8, 4) is 5.75 Å². The Morgan fingerprint density at radius 3 is 2.87 bits per heavy atom. The molecule has 1 aromatic heterocycles. The van der Waals surface area contributed by atoms with E-state index in [1.165, 1.54) is 18.9 Å². The summed E-state index contributed by atoms with van der Waals surface area (Å²) in [6.07, 6.45) is 2.39. The van der Waals surface area contributed by atoms with E-state index in [0.717, 1.165) is 0 Å². The molecule has 1 aliphatic rings. The van der Waals surface area contributed by atoms with Crippen molar-refractivity contribution in [2.75, 3.05) is 6.61 Å². The molecule has 0 saturated heterocycles. The molecule has 1 aromatic rings. The summed E-state index contributed by atoms with van der Waals surface area (Å²) in [4.78, 5) is 14.3. The first-order valence-electron chi connectivity index (χ1n) is 4.69. The van der Waals surface area contributed by atoms with Gasteiger partial charge in [0.25, 0.3) is 0 Å². The minimum Gasteiger partial charge on any atom is -0.490 e. The summed E-state index contributed by atoms with van der Waals surface area (Å²) < 4.78 is 5.41. The Hall–Kier alpha value is -1.29. The molecule has 4 nitrogen and oxygen atoms in total. The van der Waals surface area contributed by atoms with Crippen molar-refractivity contribution in [3.05, 3.63) is 23.0 Å². The van der Waals surface area contributed by atoms with E-state index in [4.69, 9.17) is 21.4 Å². The molecular weight excluding hydrogens is 218 g/mol. The predicted octanol–water partition coefficient (Wildman–Crippen LogP) is 2.22. The van der Waals surface area contributed by atoms with Gasteiger partial charge in [0.1, 0.15) is 5.69 Å². The van der Waals surface area contributed by atoms with Crippen LogP contribution in [-0.4, -0.2) is 22.7 Å². The Kier molecular flexibility index (Phi) is 2.77. The molecule has 1 fully saturated rings. The standard InChI is InChI=1S/C10H10ClNO3/c11-9-8(15-5-6-1-2-6)4-3-7(12-9)10(13)14/h3-4,6H,1-2,5H2,(H,13,14). The summed E-state index contributed by atoms with van der Waals surface area (Å²) in [6, 6.07) is 2.93. The van der Waals surface area contributed by atoms with Gasteiger partial charge in [-0.25, -0.2) is 9.78 Å². The topological polar surface area (TPSA) is 59.4 Å². The van der Waals surface area contributed by atoms with E-state index in [0.29, 0.717) is 18.3 Å². The van der Waals surface area contributed by atoms with Gasteiger partial charge in [0.15, 0.2) is 10.9 Å². The number of carboxylic acids is 1. The highest BCUT2D eigenvalue weighted by molar-refractivity contribution is 6.31. The number of hydrogen-bond donors (Lipinski definition) is 1. The quantitative estimate of drug-likeness (QED) is 0.802. The molecule has 1 heterocycles. The van der Waals surface area contributed by atoms with Crippen molar-refractivity contribution in [1.82, 2.24) is 4.98 Å². The van der Waals surface area contributed by atoms with Crippen molar-refractivity contribution in [1.29, 1.82) is 0 Å². The van der Waals surface area contributed by atoms with Crippen LogP contribution in [0.25, 0.3) is 0 Å². The SMILES string of the molecule is O=C(O)c1ccc(OCC2CC2)c(Cl)n1. The van der Waals surface area contributed by atoms with Crippen molar-refractivity contribution in [2.45, 2.75) is 12.8 Å². The van der Waals surface area contributed by atoms with Crippen molar-refractivity contribution in [2.24, 2.45) is 5.92 Å². The van der Waals surface area contributed by atoms with Crippen LogP contribution >= 0.6 is 11.6 Å². The molecule has 0 unspecified atom stereocenters. The lowest BCUT2D eigenvalue weighted by Gasteiger charge is -2.06. The maximum Gasteiger partial charge on any atom is 0.354 e. The van der Waals surface area contributed by atoms with Gasteiger partial charge < -0.3 is 9.84 Å². The predicted molar refractivity (Wildman–Crippen MR) is 54.4 cm³/mol. The fraction of sp³-hybridized carbons (Fsp3) is 0.400. The van der Waals surface area contributed by atoms with Crippen LogP contribution in [0.15, 0.2) is 12.1 Å². The van der Waals surface area contributed by atoms with Gasteiger partial charge in [0.05, 0.1) is 6.61 Å². The Bertz CT molecular complexity index is 390. The minimum atomic E-state index is -1.09. The number of hydrogen-bond acceptors (Lipinski definition) is 3. The maximum absolute atomic E-state index is 10.6. The van der Waals surface area contributed by atoms with Gasteiger partial charge in [0, 0.05) is 0 Å². The first-order chi connectivity index (χ1) is 7.16. The number of nitrogens with zero attached hydrogens (tertiary/aromatic N) is 1. The van der Waals surface area contributed by atoms with Crippen molar-refractivity contribution < 1.29 is 14.6 Å². The normalized spacial score (nSPS) is 15.0. The highest BCUT2D eigenvalue weighted by atomic mass is 35.5.